The highest BCUT2D eigenvalue weighted by atomic mass is 15.0. The minimum Gasteiger partial charge on any atom is -0.387 e. The lowest BCUT2D eigenvalue weighted by atomic mass is 10.2. The molecule has 1 heterocycles. The van der Waals surface area contributed by atoms with Crippen LogP contribution in [0.15, 0.2) is 18.5 Å². The van der Waals surface area contributed by atoms with Crippen molar-refractivity contribution in [3.05, 3.63) is 18.5 Å². The smallest absolute Gasteiger partial charge is 0.0517 e. The van der Waals surface area contributed by atoms with Gasteiger partial charge in [-0.05, 0) is 12.0 Å². The minimum atomic E-state index is 0.715. The Morgan fingerprint density at radius 1 is 1.55 bits per heavy atom. The lowest BCUT2D eigenvalue weighted by molar-refractivity contribution is 0.525. The van der Waals surface area contributed by atoms with Crippen LogP contribution in [0.5, 0.6) is 0 Å². The maximum atomic E-state index is 3.10. The Hall–Kier alpha value is -0.920. The molecule has 0 amide bonds. The van der Waals surface area contributed by atoms with Gasteiger partial charge in [-0.3, -0.25) is 0 Å². The summed E-state index contributed by atoms with van der Waals surface area (Å²) in [6.07, 6.45) is 4.23. The first-order valence-electron chi connectivity index (χ1n) is 4.06. The molecule has 0 aliphatic carbocycles. The van der Waals surface area contributed by atoms with E-state index in [2.05, 4.69) is 42.2 Å². The van der Waals surface area contributed by atoms with E-state index < -0.39 is 0 Å². The number of nitrogens with zero attached hydrogens (tertiary/aromatic N) is 1. The van der Waals surface area contributed by atoms with E-state index in [1.807, 2.05) is 7.05 Å². The quantitative estimate of drug-likeness (QED) is 0.702. The fraction of sp³-hybridized carbons (Fsp3) is 0.556. The summed E-state index contributed by atoms with van der Waals surface area (Å²) in [7, 11) is 1.94. The van der Waals surface area contributed by atoms with Crippen LogP contribution in [-0.2, 0) is 6.54 Å². The van der Waals surface area contributed by atoms with Crippen molar-refractivity contribution in [3.63, 3.8) is 0 Å². The third-order valence-electron chi connectivity index (χ3n) is 1.62. The van der Waals surface area contributed by atoms with Gasteiger partial charge in [0, 0.05) is 26.0 Å². The van der Waals surface area contributed by atoms with Crippen LogP contribution in [0.4, 0.5) is 5.69 Å². The van der Waals surface area contributed by atoms with Crippen molar-refractivity contribution in [2.75, 3.05) is 12.4 Å². The molecule has 0 bridgehead atoms. The van der Waals surface area contributed by atoms with Crippen molar-refractivity contribution < 1.29 is 0 Å². The molecule has 0 aliphatic rings. The molecule has 0 radical (unpaired) electrons. The second-order valence-electron chi connectivity index (χ2n) is 3.24. The monoisotopic (exact) mass is 152 g/mol. The normalized spacial score (nSPS) is 10.5. The zero-order chi connectivity index (χ0) is 8.27. The molecule has 2 nitrogen and oxygen atoms in total. The first kappa shape index (κ1) is 8.18. The van der Waals surface area contributed by atoms with Crippen LogP contribution in [0, 0.1) is 5.92 Å². The lowest BCUT2D eigenvalue weighted by Gasteiger charge is -2.04. The second-order valence-corrected chi connectivity index (χ2v) is 3.24. The van der Waals surface area contributed by atoms with E-state index in [1.54, 1.807) is 0 Å². The fourth-order valence-electron chi connectivity index (χ4n) is 1.12. The zero-order valence-electron chi connectivity index (χ0n) is 7.46. The van der Waals surface area contributed by atoms with Crippen LogP contribution in [-0.4, -0.2) is 11.6 Å². The van der Waals surface area contributed by atoms with Gasteiger partial charge in [-0.1, -0.05) is 13.8 Å². The van der Waals surface area contributed by atoms with Gasteiger partial charge in [-0.15, -0.1) is 0 Å². The molecule has 1 N–H and O–H groups in total. The summed E-state index contributed by atoms with van der Waals surface area (Å²) in [4.78, 5) is 0. The van der Waals surface area contributed by atoms with Crippen molar-refractivity contribution in [1.29, 1.82) is 0 Å². The van der Waals surface area contributed by atoms with Crippen LogP contribution in [0.25, 0.3) is 0 Å². The largest absolute Gasteiger partial charge is 0.387 e. The Morgan fingerprint density at radius 3 is 2.73 bits per heavy atom. The van der Waals surface area contributed by atoms with Gasteiger partial charge in [0.25, 0.3) is 0 Å². The summed E-state index contributed by atoms with van der Waals surface area (Å²) < 4.78 is 2.20. The molecule has 0 fully saturated rings. The Bertz CT molecular complexity index is 213. The highest BCUT2D eigenvalue weighted by molar-refractivity contribution is 5.39. The van der Waals surface area contributed by atoms with Gasteiger partial charge in [-0.2, -0.15) is 0 Å². The van der Waals surface area contributed by atoms with Gasteiger partial charge in [0.15, 0.2) is 0 Å². The van der Waals surface area contributed by atoms with E-state index in [0.717, 1.165) is 6.54 Å². The maximum absolute atomic E-state index is 3.10. The topological polar surface area (TPSA) is 17.0 Å². The van der Waals surface area contributed by atoms with Gasteiger partial charge < -0.3 is 9.88 Å². The molecule has 62 valence electrons. The van der Waals surface area contributed by atoms with Crippen LogP contribution in [0.3, 0.4) is 0 Å². The predicted molar refractivity (Wildman–Crippen MR) is 48.8 cm³/mol. The van der Waals surface area contributed by atoms with Crippen LogP contribution in [0.2, 0.25) is 0 Å². The summed E-state index contributed by atoms with van der Waals surface area (Å²) in [6.45, 7) is 5.54. The van der Waals surface area contributed by atoms with E-state index in [9.17, 15) is 0 Å². The van der Waals surface area contributed by atoms with Crippen molar-refractivity contribution in [1.82, 2.24) is 4.57 Å². The molecule has 0 unspecified atom stereocenters. The Morgan fingerprint density at radius 2 is 2.27 bits per heavy atom. The molecular formula is C9H16N2. The third-order valence-corrected chi connectivity index (χ3v) is 1.62. The highest BCUT2D eigenvalue weighted by Gasteiger charge is 1.96. The maximum Gasteiger partial charge on any atom is 0.0517 e. The highest BCUT2D eigenvalue weighted by Crippen LogP contribution is 2.08. The summed E-state index contributed by atoms with van der Waals surface area (Å²) in [5.41, 5.74) is 1.19. The predicted octanol–water partition coefficient (Wildman–Crippen LogP) is 2.19. The van der Waals surface area contributed by atoms with E-state index in [0.29, 0.717) is 5.92 Å². The van der Waals surface area contributed by atoms with Crippen LogP contribution >= 0.6 is 0 Å². The van der Waals surface area contributed by atoms with Gasteiger partial charge in [0.05, 0.1) is 5.69 Å². The van der Waals surface area contributed by atoms with Crippen molar-refractivity contribution >= 4 is 5.69 Å². The molecule has 1 aromatic heterocycles. The third kappa shape index (κ3) is 2.30. The molecule has 1 aromatic rings. The summed E-state index contributed by atoms with van der Waals surface area (Å²) >= 11 is 0. The first-order valence-corrected chi connectivity index (χ1v) is 4.06. The summed E-state index contributed by atoms with van der Waals surface area (Å²) in [5.74, 6) is 0.715. The van der Waals surface area contributed by atoms with E-state index in [-0.39, 0.29) is 0 Å². The molecule has 2 heteroatoms. The number of rotatable bonds is 3. The van der Waals surface area contributed by atoms with Gasteiger partial charge in [0.2, 0.25) is 0 Å². The Balaban J connectivity index is 2.58. The average Bonchev–Trinajstić information content (AvgIpc) is 2.34. The average molecular weight is 152 g/mol. The second kappa shape index (κ2) is 3.46. The number of nitrogens with one attached hydrogen (secondary N) is 1. The standard InChI is InChI=1S/C9H16N2/c1-8(2)6-11-5-4-9(7-11)10-3/h4-5,7-8,10H,6H2,1-3H3. The van der Waals surface area contributed by atoms with Gasteiger partial charge in [-0.25, -0.2) is 0 Å². The number of anilines is 1. The molecule has 0 spiro atoms. The number of hydrogen-bond acceptors (Lipinski definition) is 1. The summed E-state index contributed by atoms with van der Waals surface area (Å²) in [6, 6.07) is 2.09. The van der Waals surface area contributed by atoms with Crippen molar-refractivity contribution in [2.45, 2.75) is 20.4 Å². The minimum absolute atomic E-state index is 0.715. The van der Waals surface area contributed by atoms with Crippen molar-refractivity contribution in [3.8, 4) is 0 Å². The zero-order valence-corrected chi connectivity index (χ0v) is 7.46. The Labute approximate surface area is 68.2 Å². The lowest BCUT2D eigenvalue weighted by Crippen LogP contribution is -2.01. The molecular weight excluding hydrogens is 136 g/mol. The van der Waals surface area contributed by atoms with Crippen LogP contribution in [0.1, 0.15) is 13.8 Å². The molecule has 0 saturated carbocycles. The SMILES string of the molecule is CNc1ccn(CC(C)C)c1. The van der Waals surface area contributed by atoms with E-state index in [1.165, 1.54) is 5.69 Å². The van der Waals surface area contributed by atoms with Crippen LogP contribution < -0.4 is 5.32 Å². The molecule has 1 rings (SSSR count). The molecule has 11 heavy (non-hydrogen) atoms. The number of hydrogen-bond donors (Lipinski definition) is 1. The summed E-state index contributed by atoms with van der Waals surface area (Å²) in [5, 5.41) is 3.10. The molecule has 0 aliphatic heterocycles. The molecule has 0 aromatic carbocycles. The van der Waals surface area contributed by atoms with E-state index >= 15 is 0 Å². The van der Waals surface area contributed by atoms with Gasteiger partial charge in [0.1, 0.15) is 0 Å². The fourth-order valence-corrected chi connectivity index (χ4v) is 1.12. The number of aromatic nitrogens is 1. The van der Waals surface area contributed by atoms with E-state index in [4.69, 9.17) is 0 Å². The molecule has 0 saturated heterocycles. The van der Waals surface area contributed by atoms with Gasteiger partial charge >= 0.3 is 0 Å². The van der Waals surface area contributed by atoms with Crippen molar-refractivity contribution in [2.24, 2.45) is 5.92 Å². The molecule has 0 atom stereocenters. The first-order chi connectivity index (χ1) is 5.22. The Kier molecular flexibility index (Phi) is 2.58.